The van der Waals surface area contributed by atoms with Crippen LogP contribution in [0.1, 0.15) is 361 Å². The van der Waals surface area contributed by atoms with Gasteiger partial charge in [-0.25, -0.2) is 0 Å². The summed E-state index contributed by atoms with van der Waals surface area (Å²) in [4.78, 5) is 24.5. The molecular weight excluding hydrogens is 839 g/mol. The minimum atomic E-state index is -0.659. The van der Waals surface area contributed by atoms with Crippen molar-refractivity contribution in [2.75, 3.05) is 13.2 Å². The van der Waals surface area contributed by atoms with Gasteiger partial charge < -0.3 is 20.3 Å². The zero-order valence-electron chi connectivity index (χ0n) is 46.4. The molecule has 406 valence electrons. The van der Waals surface area contributed by atoms with Crippen molar-refractivity contribution >= 4 is 11.9 Å². The van der Waals surface area contributed by atoms with Crippen LogP contribution in [0.25, 0.3) is 0 Å². The van der Waals surface area contributed by atoms with E-state index in [0.717, 1.165) is 38.5 Å². The first-order chi connectivity index (χ1) is 33.5. The van der Waals surface area contributed by atoms with E-state index in [1.165, 1.54) is 289 Å². The molecule has 0 saturated carbocycles. The Balaban J connectivity index is 3.31. The van der Waals surface area contributed by atoms with Gasteiger partial charge in [0.05, 0.1) is 25.4 Å². The van der Waals surface area contributed by atoms with E-state index in [1.54, 1.807) is 0 Å². The number of aliphatic hydroxyl groups is 2. The average Bonchev–Trinajstić information content (AvgIpc) is 3.34. The zero-order valence-corrected chi connectivity index (χ0v) is 46.4. The molecule has 6 heteroatoms. The van der Waals surface area contributed by atoms with Gasteiger partial charge in [0, 0.05) is 12.8 Å². The van der Waals surface area contributed by atoms with Crippen LogP contribution >= 0.6 is 0 Å². The molecule has 3 N–H and O–H groups in total. The predicted molar refractivity (Wildman–Crippen MR) is 297 cm³/mol. The molecule has 1 amide bonds. The van der Waals surface area contributed by atoms with Gasteiger partial charge in [-0.1, -0.05) is 322 Å². The molecule has 0 aromatic heterocycles. The van der Waals surface area contributed by atoms with Gasteiger partial charge in [-0.05, 0) is 25.7 Å². The van der Waals surface area contributed by atoms with Crippen molar-refractivity contribution < 1.29 is 24.5 Å². The lowest BCUT2D eigenvalue weighted by molar-refractivity contribution is -0.143. The molecule has 0 radical (unpaired) electrons. The first-order valence-corrected chi connectivity index (χ1v) is 31.3. The topological polar surface area (TPSA) is 95.9 Å². The maximum Gasteiger partial charge on any atom is 0.305 e. The van der Waals surface area contributed by atoms with E-state index in [-0.39, 0.29) is 18.5 Å². The summed E-state index contributed by atoms with van der Waals surface area (Å²) in [5, 5.41) is 23.2. The smallest absolute Gasteiger partial charge is 0.305 e. The molecule has 0 heterocycles. The third kappa shape index (κ3) is 54.2. The average molecular weight is 963 g/mol. The zero-order chi connectivity index (χ0) is 49.3. The van der Waals surface area contributed by atoms with Crippen LogP contribution in [-0.2, 0) is 14.3 Å². The second kappa shape index (κ2) is 58.4. The normalized spacial score (nSPS) is 12.5. The van der Waals surface area contributed by atoms with Gasteiger partial charge in [0.2, 0.25) is 5.91 Å². The number of aliphatic hydroxyl groups excluding tert-OH is 2. The molecule has 2 unspecified atom stereocenters. The van der Waals surface area contributed by atoms with E-state index in [9.17, 15) is 19.8 Å². The van der Waals surface area contributed by atoms with Crippen LogP contribution in [0, 0.1) is 0 Å². The Labute approximate surface area is 426 Å². The lowest BCUT2D eigenvalue weighted by Crippen LogP contribution is -2.45. The molecule has 0 aliphatic heterocycles. The Morgan fingerprint density at radius 3 is 0.897 bits per heavy atom. The van der Waals surface area contributed by atoms with Crippen molar-refractivity contribution in [2.24, 2.45) is 0 Å². The van der Waals surface area contributed by atoms with Crippen molar-refractivity contribution in [3.8, 4) is 0 Å². The summed E-state index contributed by atoms with van der Waals surface area (Å²) in [6.45, 7) is 4.97. The summed E-state index contributed by atoms with van der Waals surface area (Å²) in [7, 11) is 0. The number of hydrogen-bond acceptors (Lipinski definition) is 5. The van der Waals surface area contributed by atoms with Crippen molar-refractivity contribution in [2.45, 2.75) is 373 Å². The van der Waals surface area contributed by atoms with Crippen LogP contribution in [0.4, 0.5) is 0 Å². The number of hydrogen-bond donors (Lipinski definition) is 3. The fourth-order valence-electron chi connectivity index (χ4n) is 10.1. The van der Waals surface area contributed by atoms with Crippen molar-refractivity contribution in [1.29, 1.82) is 0 Å². The molecular formula is C62H123NO5. The quantitative estimate of drug-likeness (QED) is 0.0417. The molecule has 0 aromatic carbocycles. The number of ether oxygens (including phenoxy) is 1. The molecule has 0 fully saturated rings. The molecule has 68 heavy (non-hydrogen) atoms. The summed E-state index contributed by atoms with van der Waals surface area (Å²) < 4.78 is 5.48. The third-order valence-corrected chi connectivity index (χ3v) is 14.9. The Hall–Kier alpha value is -1.14. The van der Waals surface area contributed by atoms with Crippen LogP contribution in [0.3, 0.4) is 0 Å². The van der Waals surface area contributed by atoms with Gasteiger partial charge in [0.15, 0.2) is 0 Å². The fraction of sp³-hybridized carbons (Fsp3) is 0.968. The maximum atomic E-state index is 12.4. The minimum absolute atomic E-state index is 0.0202. The standard InChI is InChI=1S/C62H123NO5/c1-3-5-7-9-11-13-15-36-40-44-48-52-56-62(67)68-57-53-49-45-41-37-33-31-29-27-25-23-21-19-17-16-18-20-22-24-26-28-30-32-35-39-43-47-51-55-61(66)63-59(58-64)60(65)54-50-46-42-38-34-14-12-10-8-6-4-2/h59-60,64-65H,3-58H2,1-2H3,(H,63,66). The first kappa shape index (κ1) is 66.9. The fourth-order valence-corrected chi connectivity index (χ4v) is 10.1. The molecule has 0 spiro atoms. The highest BCUT2D eigenvalue weighted by molar-refractivity contribution is 5.76. The van der Waals surface area contributed by atoms with Gasteiger partial charge in [-0.15, -0.1) is 0 Å². The Morgan fingerprint density at radius 1 is 0.353 bits per heavy atom. The Bertz CT molecular complexity index is 975. The van der Waals surface area contributed by atoms with Crippen molar-refractivity contribution in [1.82, 2.24) is 5.32 Å². The SMILES string of the molecule is CCCCCCCCCCCCCCC(=O)OCCCCCCCCCCCCCCCCCCCCCCCCCCCCCCC(=O)NC(CO)C(O)CCCCCCCCCCCCC. The second-order valence-electron chi connectivity index (χ2n) is 21.8. The van der Waals surface area contributed by atoms with E-state index in [2.05, 4.69) is 19.2 Å². The predicted octanol–water partition coefficient (Wildman–Crippen LogP) is 19.5. The van der Waals surface area contributed by atoms with Gasteiger partial charge in [-0.2, -0.15) is 0 Å². The Kier molecular flexibility index (Phi) is 57.5. The van der Waals surface area contributed by atoms with Crippen LogP contribution in [-0.4, -0.2) is 47.4 Å². The molecule has 0 saturated heterocycles. The van der Waals surface area contributed by atoms with E-state index in [0.29, 0.717) is 25.9 Å². The lowest BCUT2D eigenvalue weighted by atomic mass is 10.0. The van der Waals surface area contributed by atoms with E-state index in [4.69, 9.17) is 4.74 Å². The highest BCUT2D eigenvalue weighted by Crippen LogP contribution is 2.19. The summed E-state index contributed by atoms with van der Waals surface area (Å²) in [5.41, 5.74) is 0. The number of nitrogens with one attached hydrogen (secondary N) is 1. The van der Waals surface area contributed by atoms with E-state index < -0.39 is 12.1 Å². The number of carbonyl (C=O) groups excluding carboxylic acids is 2. The molecule has 6 nitrogen and oxygen atoms in total. The molecule has 0 rings (SSSR count). The number of amides is 1. The third-order valence-electron chi connectivity index (χ3n) is 14.9. The van der Waals surface area contributed by atoms with Crippen LogP contribution < -0.4 is 5.32 Å². The van der Waals surface area contributed by atoms with Crippen LogP contribution in [0.2, 0.25) is 0 Å². The maximum absolute atomic E-state index is 12.4. The second-order valence-corrected chi connectivity index (χ2v) is 21.8. The first-order valence-electron chi connectivity index (χ1n) is 31.3. The van der Waals surface area contributed by atoms with Crippen LogP contribution in [0.5, 0.6) is 0 Å². The number of esters is 1. The largest absolute Gasteiger partial charge is 0.466 e. The highest BCUT2D eigenvalue weighted by atomic mass is 16.5. The highest BCUT2D eigenvalue weighted by Gasteiger charge is 2.20. The summed E-state index contributed by atoms with van der Waals surface area (Å²) in [6, 6.07) is -0.536. The Morgan fingerprint density at radius 2 is 0.603 bits per heavy atom. The lowest BCUT2D eigenvalue weighted by Gasteiger charge is -2.22. The van der Waals surface area contributed by atoms with Gasteiger partial charge in [0.1, 0.15) is 0 Å². The summed E-state index contributed by atoms with van der Waals surface area (Å²) in [6.07, 6.45) is 68.4. The van der Waals surface area contributed by atoms with Crippen molar-refractivity contribution in [3.05, 3.63) is 0 Å². The van der Waals surface area contributed by atoms with Gasteiger partial charge >= 0.3 is 5.97 Å². The summed E-state index contributed by atoms with van der Waals surface area (Å²) in [5.74, 6) is -0.0105. The summed E-state index contributed by atoms with van der Waals surface area (Å²) >= 11 is 0. The van der Waals surface area contributed by atoms with E-state index >= 15 is 0 Å². The molecule has 0 aliphatic carbocycles. The molecule has 2 atom stereocenters. The number of unbranched alkanes of at least 4 members (excludes halogenated alkanes) is 48. The van der Waals surface area contributed by atoms with Gasteiger partial charge in [0.25, 0.3) is 0 Å². The monoisotopic (exact) mass is 962 g/mol. The van der Waals surface area contributed by atoms with E-state index in [1.807, 2.05) is 0 Å². The number of rotatable bonds is 59. The van der Waals surface area contributed by atoms with Crippen molar-refractivity contribution in [3.63, 3.8) is 0 Å². The molecule has 0 aliphatic rings. The van der Waals surface area contributed by atoms with Crippen LogP contribution in [0.15, 0.2) is 0 Å². The molecule has 0 bridgehead atoms. The minimum Gasteiger partial charge on any atom is -0.466 e. The number of carbonyl (C=O) groups is 2. The molecule has 0 aromatic rings. The van der Waals surface area contributed by atoms with Gasteiger partial charge in [-0.3, -0.25) is 9.59 Å².